The van der Waals surface area contributed by atoms with Gasteiger partial charge in [0, 0.05) is 47.7 Å². The molecule has 0 fully saturated rings. The third-order valence-corrected chi connectivity index (χ3v) is 4.99. The second-order valence-corrected chi connectivity index (χ2v) is 7.10. The van der Waals surface area contributed by atoms with E-state index in [-0.39, 0.29) is 17.7 Å². The number of hydrogen-bond donors (Lipinski definition) is 3. The van der Waals surface area contributed by atoms with Crippen LogP contribution in [0.5, 0.6) is 0 Å². The zero-order valence-electron chi connectivity index (χ0n) is 16.6. The van der Waals surface area contributed by atoms with E-state index in [9.17, 15) is 0 Å². The van der Waals surface area contributed by atoms with Crippen molar-refractivity contribution in [1.29, 1.82) is 0 Å². The Hall–Kier alpha value is -3.19. The van der Waals surface area contributed by atoms with Gasteiger partial charge in [0.2, 0.25) is 0 Å². The summed E-state index contributed by atoms with van der Waals surface area (Å²) in [6.07, 6.45) is 5.79. The third-order valence-electron chi connectivity index (χ3n) is 4.66. The van der Waals surface area contributed by atoms with Crippen LogP contribution in [0.25, 0.3) is 5.57 Å². The highest BCUT2D eigenvalue weighted by molar-refractivity contribution is 6.40. The van der Waals surface area contributed by atoms with Gasteiger partial charge in [0.15, 0.2) is 0 Å². The van der Waals surface area contributed by atoms with E-state index < -0.39 is 0 Å². The number of aliphatic imine (C=N–C) groups is 2. The number of nitrogens with two attached hydrogens (primary N) is 2. The van der Waals surface area contributed by atoms with Gasteiger partial charge in [0.1, 0.15) is 5.84 Å². The third kappa shape index (κ3) is 4.30. The second-order valence-electron chi connectivity index (χ2n) is 6.69. The first-order valence-electron chi connectivity index (χ1n) is 9.22. The molecule has 29 heavy (non-hydrogen) atoms. The van der Waals surface area contributed by atoms with Gasteiger partial charge in [-0.25, -0.2) is 9.97 Å². The van der Waals surface area contributed by atoms with Crippen LogP contribution in [0, 0.1) is 0 Å². The summed E-state index contributed by atoms with van der Waals surface area (Å²) in [7, 11) is 3.50. The van der Waals surface area contributed by atoms with Crippen molar-refractivity contribution in [3.8, 4) is 0 Å². The smallest absolute Gasteiger partial charge is 0.251 e. The lowest BCUT2D eigenvalue weighted by molar-refractivity contribution is 0.720. The fourth-order valence-electron chi connectivity index (χ4n) is 3.30. The van der Waals surface area contributed by atoms with Crippen molar-refractivity contribution in [1.82, 2.24) is 15.3 Å². The van der Waals surface area contributed by atoms with Crippen molar-refractivity contribution in [3.63, 3.8) is 0 Å². The molecular weight excluding hydrogens is 386 g/mol. The highest BCUT2D eigenvalue weighted by Crippen LogP contribution is 2.38. The van der Waals surface area contributed by atoms with E-state index in [0.29, 0.717) is 28.5 Å². The zero-order chi connectivity index (χ0) is 21.0. The molecule has 0 aliphatic heterocycles. The van der Waals surface area contributed by atoms with Crippen molar-refractivity contribution in [2.24, 2.45) is 21.5 Å². The zero-order valence-corrected chi connectivity index (χ0v) is 17.4. The maximum absolute atomic E-state index is 6.48. The first kappa shape index (κ1) is 20.5. The number of fused-ring (bicyclic) bond motifs is 1. The Labute approximate surface area is 175 Å². The predicted octanol–water partition coefficient (Wildman–Crippen LogP) is 3.15. The maximum Gasteiger partial charge on any atom is 0.251 e. The summed E-state index contributed by atoms with van der Waals surface area (Å²) in [4.78, 5) is 17.8. The standard InChI is InChI=1S/C21H24ClN7/c1-12-10-16(23)18(19(26-3)13-6-4-5-7-15(13)22)20-14(12)11-27-21(29-20)28-17(24)8-9-25-2/h4-9,11-12,25H,10,23H2,1-3H3,(H2,24,27,28,29)/b9-8-,26-19?. The van der Waals surface area contributed by atoms with Gasteiger partial charge in [-0.05, 0) is 30.7 Å². The topological polar surface area (TPSA) is 115 Å². The van der Waals surface area contributed by atoms with Crippen LogP contribution >= 0.6 is 11.6 Å². The quantitative estimate of drug-likeness (QED) is 0.518. The molecule has 0 bridgehead atoms. The fraction of sp³-hybridized carbons (Fsp3) is 0.238. The average molecular weight is 410 g/mol. The Morgan fingerprint density at radius 2 is 2.10 bits per heavy atom. The number of aromatic nitrogens is 2. The van der Waals surface area contributed by atoms with Crippen LogP contribution in [-0.2, 0) is 0 Å². The van der Waals surface area contributed by atoms with Crippen LogP contribution in [0.2, 0.25) is 5.02 Å². The number of benzene rings is 1. The normalized spacial score (nSPS) is 17.6. The first-order valence-corrected chi connectivity index (χ1v) is 9.60. The minimum atomic E-state index is 0.178. The molecule has 1 aromatic heterocycles. The number of hydrogen-bond acceptors (Lipinski definition) is 6. The van der Waals surface area contributed by atoms with E-state index in [4.69, 9.17) is 23.1 Å². The number of halogens is 1. The number of allylic oxidation sites excluding steroid dienone is 2. The SMILES string of the molecule is CN=C(C1=C(N)CC(C)c2cnc(N=C(N)/C=C\NC)nc21)c1ccccc1Cl. The summed E-state index contributed by atoms with van der Waals surface area (Å²) >= 11 is 6.44. The van der Waals surface area contributed by atoms with E-state index >= 15 is 0 Å². The fourth-order valence-corrected chi connectivity index (χ4v) is 3.52. The van der Waals surface area contributed by atoms with Crippen molar-refractivity contribution in [2.45, 2.75) is 19.3 Å². The van der Waals surface area contributed by atoms with Crippen LogP contribution in [0.15, 0.2) is 58.4 Å². The van der Waals surface area contributed by atoms with Crippen molar-refractivity contribution in [2.75, 3.05) is 14.1 Å². The highest BCUT2D eigenvalue weighted by atomic mass is 35.5. The summed E-state index contributed by atoms with van der Waals surface area (Å²) in [6, 6.07) is 7.54. The molecule has 1 heterocycles. The molecule has 2 aromatic rings. The molecule has 1 unspecified atom stereocenters. The van der Waals surface area contributed by atoms with Gasteiger partial charge < -0.3 is 16.8 Å². The minimum Gasteiger partial charge on any atom is -0.401 e. The molecule has 1 aromatic carbocycles. The average Bonchev–Trinajstić information content (AvgIpc) is 2.70. The lowest BCUT2D eigenvalue weighted by Crippen LogP contribution is -2.21. The lowest BCUT2D eigenvalue weighted by atomic mass is 9.83. The number of nitrogens with zero attached hydrogens (tertiary/aromatic N) is 4. The van der Waals surface area contributed by atoms with E-state index in [0.717, 1.165) is 16.7 Å². The Morgan fingerprint density at radius 1 is 1.34 bits per heavy atom. The molecule has 5 N–H and O–H groups in total. The molecule has 8 heteroatoms. The Bertz CT molecular complexity index is 1040. The summed E-state index contributed by atoms with van der Waals surface area (Å²) in [6.45, 7) is 2.09. The largest absolute Gasteiger partial charge is 0.401 e. The number of nitrogens with one attached hydrogen (secondary N) is 1. The molecule has 150 valence electrons. The van der Waals surface area contributed by atoms with Gasteiger partial charge in [-0.3, -0.25) is 4.99 Å². The molecule has 0 spiro atoms. The second kappa shape index (κ2) is 8.87. The summed E-state index contributed by atoms with van der Waals surface area (Å²) in [5.41, 5.74) is 17.1. The van der Waals surface area contributed by atoms with Gasteiger partial charge in [-0.1, -0.05) is 36.7 Å². The summed E-state index contributed by atoms with van der Waals surface area (Å²) in [5.74, 6) is 0.728. The van der Waals surface area contributed by atoms with Crippen LogP contribution in [0.1, 0.15) is 36.1 Å². The maximum atomic E-state index is 6.48. The van der Waals surface area contributed by atoms with Crippen LogP contribution < -0.4 is 16.8 Å². The van der Waals surface area contributed by atoms with Crippen LogP contribution in [-0.4, -0.2) is 35.6 Å². The van der Waals surface area contributed by atoms with Crippen molar-refractivity contribution < 1.29 is 0 Å². The molecule has 7 nitrogen and oxygen atoms in total. The van der Waals surface area contributed by atoms with Gasteiger partial charge in [-0.15, -0.1) is 0 Å². The van der Waals surface area contributed by atoms with E-state index in [1.54, 1.807) is 32.6 Å². The van der Waals surface area contributed by atoms with Gasteiger partial charge in [0.25, 0.3) is 5.95 Å². The molecule has 0 amide bonds. The van der Waals surface area contributed by atoms with Crippen LogP contribution in [0.3, 0.4) is 0 Å². The van der Waals surface area contributed by atoms with Gasteiger partial charge >= 0.3 is 0 Å². The van der Waals surface area contributed by atoms with E-state index in [1.165, 1.54) is 0 Å². The Morgan fingerprint density at radius 3 is 2.79 bits per heavy atom. The molecule has 1 aliphatic rings. The molecule has 1 aliphatic carbocycles. The molecule has 0 radical (unpaired) electrons. The van der Waals surface area contributed by atoms with Gasteiger partial charge in [-0.2, -0.15) is 4.99 Å². The Balaban J connectivity index is 2.16. The van der Waals surface area contributed by atoms with E-state index in [2.05, 4.69) is 32.2 Å². The highest BCUT2D eigenvalue weighted by Gasteiger charge is 2.29. The Kier molecular flexibility index (Phi) is 6.29. The minimum absolute atomic E-state index is 0.178. The summed E-state index contributed by atoms with van der Waals surface area (Å²) in [5, 5.41) is 3.46. The number of rotatable bonds is 5. The first-order chi connectivity index (χ1) is 14.0. The van der Waals surface area contributed by atoms with Crippen molar-refractivity contribution >= 4 is 34.7 Å². The molecule has 3 rings (SSSR count). The van der Waals surface area contributed by atoms with Gasteiger partial charge in [0.05, 0.1) is 11.4 Å². The molecule has 1 atom stereocenters. The van der Waals surface area contributed by atoms with Crippen molar-refractivity contribution in [3.05, 3.63) is 70.3 Å². The van der Waals surface area contributed by atoms with E-state index in [1.807, 2.05) is 24.3 Å². The monoisotopic (exact) mass is 409 g/mol. The predicted molar refractivity (Wildman–Crippen MR) is 120 cm³/mol. The summed E-state index contributed by atoms with van der Waals surface area (Å²) < 4.78 is 0. The molecule has 0 saturated heterocycles. The molecular formula is C21H24ClN7. The number of amidine groups is 1. The lowest BCUT2D eigenvalue weighted by Gasteiger charge is -2.26. The van der Waals surface area contributed by atoms with Crippen LogP contribution in [0.4, 0.5) is 5.95 Å². The molecule has 0 saturated carbocycles.